The monoisotopic (exact) mass is 228 g/mol. The van der Waals surface area contributed by atoms with E-state index in [-0.39, 0.29) is 23.8 Å². The third-order valence-corrected chi connectivity index (χ3v) is 2.90. The van der Waals surface area contributed by atoms with Gasteiger partial charge in [-0.15, -0.1) is 0 Å². The Morgan fingerprint density at radius 2 is 2.31 bits per heavy atom. The summed E-state index contributed by atoms with van der Waals surface area (Å²) in [6.07, 6.45) is 0. The van der Waals surface area contributed by atoms with E-state index < -0.39 is 0 Å². The molecule has 1 heterocycles. The Balaban J connectivity index is 2.60. The number of nitrogens with one attached hydrogen (secondary N) is 2. The minimum absolute atomic E-state index is 0.0242. The summed E-state index contributed by atoms with van der Waals surface area (Å²) in [6.45, 7) is 4.53. The van der Waals surface area contributed by atoms with Crippen molar-refractivity contribution < 1.29 is 9.59 Å². The number of nitrogens with zero attached hydrogens (tertiary/aromatic N) is 1. The maximum atomic E-state index is 11.6. The molecule has 2 unspecified atom stereocenters. The Morgan fingerprint density at radius 1 is 1.62 bits per heavy atom. The molecule has 92 valence electrons. The lowest BCUT2D eigenvalue weighted by atomic mass is 10.1. The summed E-state index contributed by atoms with van der Waals surface area (Å²) in [7, 11) is 1.62. The van der Waals surface area contributed by atoms with Crippen LogP contribution in [0.1, 0.15) is 6.92 Å². The van der Waals surface area contributed by atoms with Crippen molar-refractivity contribution in [3.8, 4) is 0 Å². The molecule has 6 heteroatoms. The molecule has 1 fully saturated rings. The van der Waals surface area contributed by atoms with Gasteiger partial charge in [0.05, 0.1) is 0 Å². The first kappa shape index (κ1) is 12.9. The fourth-order valence-corrected chi connectivity index (χ4v) is 1.83. The molecule has 0 aliphatic carbocycles. The summed E-state index contributed by atoms with van der Waals surface area (Å²) < 4.78 is 0. The molecule has 0 spiro atoms. The van der Waals surface area contributed by atoms with Crippen LogP contribution in [0, 0.1) is 5.92 Å². The highest BCUT2D eigenvalue weighted by Gasteiger charge is 2.29. The lowest BCUT2D eigenvalue weighted by Crippen LogP contribution is -2.58. The molecular formula is C10H20N4O2. The summed E-state index contributed by atoms with van der Waals surface area (Å²) >= 11 is 0. The number of amides is 2. The highest BCUT2D eigenvalue weighted by molar-refractivity contribution is 5.82. The standard InChI is InChI=1S/C10H20N4O2/c1-7(9(11)15)6-14-4-3-13-5-8(14)10(16)12-2/h7-8,13H,3-6H2,1-2H3,(H2,11,15)(H,12,16). The second-order valence-electron chi connectivity index (χ2n) is 4.13. The molecule has 0 aromatic heterocycles. The van der Waals surface area contributed by atoms with Crippen LogP contribution < -0.4 is 16.4 Å². The SMILES string of the molecule is CNC(=O)C1CNCCN1CC(C)C(N)=O. The van der Waals surface area contributed by atoms with Gasteiger partial charge in [-0.1, -0.05) is 6.92 Å². The van der Waals surface area contributed by atoms with Gasteiger partial charge in [0.25, 0.3) is 0 Å². The summed E-state index contributed by atoms with van der Waals surface area (Å²) in [5.74, 6) is -0.580. The van der Waals surface area contributed by atoms with Gasteiger partial charge in [0, 0.05) is 39.1 Å². The van der Waals surface area contributed by atoms with Gasteiger partial charge < -0.3 is 16.4 Å². The van der Waals surface area contributed by atoms with E-state index >= 15 is 0 Å². The number of carbonyl (C=O) groups is 2. The van der Waals surface area contributed by atoms with E-state index in [1.807, 2.05) is 4.90 Å². The molecule has 0 saturated carbocycles. The molecule has 1 aliphatic heterocycles. The van der Waals surface area contributed by atoms with Crippen LogP contribution in [-0.4, -0.2) is 56.0 Å². The predicted molar refractivity (Wildman–Crippen MR) is 60.7 cm³/mol. The molecule has 2 atom stereocenters. The minimum Gasteiger partial charge on any atom is -0.369 e. The van der Waals surface area contributed by atoms with Gasteiger partial charge in [0.15, 0.2) is 0 Å². The van der Waals surface area contributed by atoms with Crippen molar-refractivity contribution in [1.82, 2.24) is 15.5 Å². The Labute approximate surface area is 95.5 Å². The zero-order valence-corrected chi connectivity index (χ0v) is 9.82. The van der Waals surface area contributed by atoms with Crippen LogP contribution in [0.2, 0.25) is 0 Å². The Morgan fingerprint density at radius 3 is 2.88 bits per heavy atom. The van der Waals surface area contributed by atoms with E-state index in [1.165, 1.54) is 0 Å². The molecule has 16 heavy (non-hydrogen) atoms. The molecule has 4 N–H and O–H groups in total. The molecule has 0 radical (unpaired) electrons. The quantitative estimate of drug-likeness (QED) is 0.526. The van der Waals surface area contributed by atoms with Gasteiger partial charge >= 0.3 is 0 Å². The van der Waals surface area contributed by atoms with Crippen LogP contribution >= 0.6 is 0 Å². The van der Waals surface area contributed by atoms with Crippen molar-refractivity contribution in [3.63, 3.8) is 0 Å². The van der Waals surface area contributed by atoms with Crippen molar-refractivity contribution >= 4 is 11.8 Å². The van der Waals surface area contributed by atoms with Crippen molar-refractivity contribution in [2.45, 2.75) is 13.0 Å². The van der Waals surface area contributed by atoms with Crippen LogP contribution in [-0.2, 0) is 9.59 Å². The number of primary amides is 1. The number of hydrogen-bond acceptors (Lipinski definition) is 4. The summed E-state index contributed by atoms with van der Waals surface area (Å²) in [5, 5.41) is 5.79. The zero-order chi connectivity index (χ0) is 12.1. The second-order valence-corrected chi connectivity index (χ2v) is 4.13. The largest absolute Gasteiger partial charge is 0.369 e. The molecule has 1 aliphatic rings. The third-order valence-electron chi connectivity index (χ3n) is 2.90. The summed E-state index contributed by atoms with van der Waals surface area (Å²) in [5.41, 5.74) is 5.23. The van der Waals surface area contributed by atoms with Gasteiger partial charge in [-0.25, -0.2) is 0 Å². The number of nitrogens with two attached hydrogens (primary N) is 1. The molecule has 0 aromatic rings. The maximum Gasteiger partial charge on any atom is 0.238 e. The van der Waals surface area contributed by atoms with Crippen molar-refractivity contribution in [2.75, 3.05) is 33.2 Å². The Kier molecular flexibility index (Phi) is 4.70. The van der Waals surface area contributed by atoms with Crippen molar-refractivity contribution in [2.24, 2.45) is 11.7 Å². The fourth-order valence-electron chi connectivity index (χ4n) is 1.83. The predicted octanol–water partition coefficient (Wildman–Crippen LogP) is -1.87. The maximum absolute atomic E-state index is 11.6. The summed E-state index contributed by atoms with van der Waals surface area (Å²) in [6, 6.07) is -0.208. The normalized spacial score (nSPS) is 23.8. The van der Waals surface area contributed by atoms with Gasteiger partial charge in [0.1, 0.15) is 6.04 Å². The zero-order valence-electron chi connectivity index (χ0n) is 9.82. The highest BCUT2D eigenvalue weighted by atomic mass is 16.2. The first-order valence-electron chi connectivity index (χ1n) is 5.52. The van der Waals surface area contributed by atoms with Crippen LogP contribution in [0.5, 0.6) is 0 Å². The van der Waals surface area contributed by atoms with Crippen molar-refractivity contribution in [1.29, 1.82) is 0 Å². The Hall–Kier alpha value is -1.14. The van der Waals surface area contributed by atoms with Crippen LogP contribution in [0.3, 0.4) is 0 Å². The van der Waals surface area contributed by atoms with Crippen LogP contribution in [0.25, 0.3) is 0 Å². The number of piperazine rings is 1. The number of carbonyl (C=O) groups excluding carboxylic acids is 2. The van der Waals surface area contributed by atoms with E-state index in [0.29, 0.717) is 13.1 Å². The molecule has 0 bridgehead atoms. The van der Waals surface area contributed by atoms with Crippen LogP contribution in [0.4, 0.5) is 0 Å². The smallest absolute Gasteiger partial charge is 0.238 e. The van der Waals surface area contributed by atoms with Gasteiger partial charge in [-0.05, 0) is 0 Å². The van der Waals surface area contributed by atoms with Crippen molar-refractivity contribution in [3.05, 3.63) is 0 Å². The third kappa shape index (κ3) is 3.18. The van der Waals surface area contributed by atoms with E-state index in [1.54, 1.807) is 14.0 Å². The van der Waals surface area contributed by atoms with Gasteiger partial charge in [-0.2, -0.15) is 0 Å². The molecule has 1 rings (SSSR count). The second kappa shape index (κ2) is 5.81. The van der Waals surface area contributed by atoms with Crippen LogP contribution in [0.15, 0.2) is 0 Å². The number of hydrogen-bond donors (Lipinski definition) is 3. The van der Waals surface area contributed by atoms with Gasteiger partial charge in [0.2, 0.25) is 11.8 Å². The lowest BCUT2D eigenvalue weighted by Gasteiger charge is -2.35. The first-order valence-corrected chi connectivity index (χ1v) is 5.52. The fraction of sp³-hybridized carbons (Fsp3) is 0.800. The van der Waals surface area contributed by atoms with Gasteiger partial charge in [-0.3, -0.25) is 14.5 Å². The lowest BCUT2D eigenvalue weighted by molar-refractivity contribution is -0.128. The first-order chi connectivity index (χ1) is 7.56. The molecular weight excluding hydrogens is 208 g/mol. The molecule has 1 saturated heterocycles. The summed E-state index contributed by atoms with van der Waals surface area (Å²) in [4.78, 5) is 24.6. The number of likely N-dealkylation sites (N-methyl/N-ethyl adjacent to an activating group) is 1. The molecule has 2 amide bonds. The van der Waals surface area contributed by atoms with E-state index in [2.05, 4.69) is 10.6 Å². The Bertz CT molecular complexity index is 270. The van der Waals surface area contributed by atoms with E-state index in [0.717, 1.165) is 13.1 Å². The number of rotatable bonds is 4. The highest BCUT2D eigenvalue weighted by Crippen LogP contribution is 2.07. The van der Waals surface area contributed by atoms with E-state index in [4.69, 9.17) is 5.73 Å². The molecule has 6 nitrogen and oxygen atoms in total. The van der Waals surface area contributed by atoms with E-state index in [9.17, 15) is 9.59 Å². The average molecular weight is 228 g/mol. The molecule has 0 aromatic carbocycles. The topological polar surface area (TPSA) is 87.5 Å². The average Bonchev–Trinajstić information content (AvgIpc) is 2.28. The minimum atomic E-state index is -0.325.